The van der Waals surface area contributed by atoms with Gasteiger partial charge >= 0.3 is 5.97 Å². The number of anilines is 2. The molecule has 26 heavy (non-hydrogen) atoms. The van der Waals surface area contributed by atoms with Crippen LogP contribution in [0.4, 0.5) is 11.4 Å². The molecular formula is C18H19N3O5. The topological polar surface area (TPSA) is 106 Å². The highest BCUT2D eigenvalue weighted by molar-refractivity contribution is 5.99. The van der Waals surface area contributed by atoms with E-state index in [4.69, 9.17) is 4.74 Å². The van der Waals surface area contributed by atoms with Crippen molar-refractivity contribution in [3.05, 3.63) is 47.8 Å². The number of Topliss-reactive ketones (excluding diaryl/α,β-unsaturated/α-hetero) is 1. The van der Waals surface area contributed by atoms with E-state index >= 15 is 0 Å². The number of amides is 2. The summed E-state index contributed by atoms with van der Waals surface area (Å²) in [5, 5.41) is 5.19. The third-order valence-corrected chi connectivity index (χ3v) is 3.44. The molecule has 136 valence electrons. The van der Waals surface area contributed by atoms with Gasteiger partial charge in [-0.3, -0.25) is 14.4 Å². The molecule has 0 aliphatic heterocycles. The summed E-state index contributed by atoms with van der Waals surface area (Å²) in [6.45, 7) is 2.33. The summed E-state index contributed by atoms with van der Waals surface area (Å²) in [4.78, 5) is 46.2. The number of aromatic nitrogens is 1. The minimum Gasteiger partial charge on any atom is -0.451 e. The third-order valence-electron chi connectivity index (χ3n) is 3.44. The summed E-state index contributed by atoms with van der Waals surface area (Å²) in [6, 6.07) is 7.92. The molecule has 2 aromatic rings. The minimum atomic E-state index is -0.698. The number of nitrogens with one attached hydrogen (secondary N) is 2. The average Bonchev–Trinajstić information content (AvgIpc) is 2.96. The van der Waals surface area contributed by atoms with Crippen molar-refractivity contribution in [3.8, 4) is 0 Å². The van der Waals surface area contributed by atoms with Gasteiger partial charge in [-0.05, 0) is 37.3 Å². The fraction of sp³-hybridized carbons (Fsp3) is 0.222. The van der Waals surface area contributed by atoms with Crippen molar-refractivity contribution in [3.63, 3.8) is 0 Å². The van der Waals surface area contributed by atoms with Crippen LogP contribution in [-0.4, -0.2) is 34.7 Å². The first-order valence-electron chi connectivity index (χ1n) is 7.78. The fourth-order valence-corrected chi connectivity index (χ4v) is 2.20. The van der Waals surface area contributed by atoms with Gasteiger partial charge in [0.25, 0.3) is 5.91 Å². The molecule has 0 atom stereocenters. The molecule has 2 N–H and O–H groups in total. The first-order valence-corrected chi connectivity index (χ1v) is 7.78. The normalized spacial score (nSPS) is 10.1. The second-order valence-electron chi connectivity index (χ2n) is 5.66. The molecule has 1 heterocycles. The highest BCUT2D eigenvalue weighted by atomic mass is 16.5. The lowest BCUT2D eigenvalue weighted by Gasteiger charge is -2.08. The number of aryl methyl sites for hydroxylation is 1. The Morgan fingerprint density at radius 1 is 1.00 bits per heavy atom. The predicted octanol–water partition coefficient (Wildman–Crippen LogP) is 1.98. The zero-order valence-electron chi connectivity index (χ0n) is 14.7. The maximum absolute atomic E-state index is 12.0. The van der Waals surface area contributed by atoms with Crippen molar-refractivity contribution in [2.75, 3.05) is 17.2 Å². The van der Waals surface area contributed by atoms with Gasteiger partial charge in [0, 0.05) is 37.1 Å². The van der Waals surface area contributed by atoms with Gasteiger partial charge in [-0.25, -0.2) is 4.79 Å². The van der Waals surface area contributed by atoms with Crippen LogP contribution in [0.2, 0.25) is 0 Å². The lowest BCUT2D eigenvalue weighted by Crippen LogP contribution is -2.21. The highest BCUT2D eigenvalue weighted by Crippen LogP contribution is 2.14. The van der Waals surface area contributed by atoms with Crippen molar-refractivity contribution in [2.45, 2.75) is 13.8 Å². The van der Waals surface area contributed by atoms with Crippen LogP contribution in [0.3, 0.4) is 0 Å². The number of rotatable bonds is 6. The Labute approximate surface area is 150 Å². The highest BCUT2D eigenvalue weighted by Gasteiger charge is 2.16. The molecule has 8 heteroatoms. The number of ketones is 1. The van der Waals surface area contributed by atoms with Crippen molar-refractivity contribution >= 4 is 34.9 Å². The molecule has 0 spiro atoms. The molecule has 0 aliphatic rings. The number of hydrogen-bond acceptors (Lipinski definition) is 5. The summed E-state index contributed by atoms with van der Waals surface area (Å²) in [6.07, 6.45) is 1.52. The molecule has 0 unspecified atom stereocenters. The van der Waals surface area contributed by atoms with Gasteiger partial charge in [0.1, 0.15) is 5.69 Å². The Balaban J connectivity index is 1.89. The molecule has 2 amide bonds. The molecule has 1 aromatic heterocycles. The SMILES string of the molecule is CC(=O)Nc1ccc(NC(=O)COC(=O)c2cc(C(C)=O)cn2C)cc1. The summed E-state index contributed by atoms with van der Waals surface area (Å²) in [5.41, 5.74) is 1.68. The van der Waals surface area contributed by atoms with Crippen LogP contribution in [0.5, 0.6) is 0 Å². The van der Waals surface area contributed by atoms with Crippen molar-refractivity contribution in [1.29, 1.82) is 0 Å². The average molecular weight is 357 g/mol. The second-order valence-corrected chi connectivity index (χ2v) is 5.66. The Hall–Kier alpha value is -3.42. The summed E-state index contributed by atoms with van der Waals surface area (Å²) in [5.74, 6) is -1.56. The number of ether oxygens (including phenoxy) is 1. The monoisotopic (exact) mass is 357 g/mol. The summed E-state index contributed by atoms with van der Waals surface area (Å²) < 4.78 is 6.44. The van der Waals surface area contributed by atoms with Crippen LogP contribution >= 0.6 is 0 Å². The number of nitrogens with zero attached hydrogens (tertiary/aromatic N) is 1. The van der Waals surface area contributed by atoms with Crippen LogP contribution in [0.15, 0.2) is 36.5 Å². The van der Waals surface area contributed by atoms with Crippen LogP contribution in [0, 0.1) is 0 Å². The van der Waals surface area contributed by atoms with E-state index in [1.807, 2.05) is 0 Å². The quantitative estimate of drug-likeness (QED) is 0.607. The summed E-state index contributed by atoms with van der Waals surface area (Å²) in [7, 11) is 1.61. The molecule has 0 radical (unpaired) electrons. The first kappa shape index (κ1) is 18.9. The maximum atomic E-state index is 12.0. The molecular weight excluding hydrogens is 338 g/mol. The van der Waals surface area contributed by atoms with E-state index in [2.05, 4.69) is 10.6 Å². The zero-order valence-corrected chi connectivity index (χ0v) is 14.7. The maximum Gasteiger partial charge on any atom is 0.355 e. The Morgan fingerprint density at radius 2 is 1.58 bits per heavy atom. The van der Waals surface area contributed by atoms with Gasteiger partial charge in [-0.15, -0.1) is 0 Å². The van der Waals surface area contributed by atoms with Gasteiger partial charge in [-0.1, -0.05) is 0 Å². The van der Waals surface area contributed by atoms with Gasteiger partial charge in [-0.2, -0.15) is 0 Å². The van der Waals surface area contributed by atoms with Crippen molar-refractivity contribution in [2.24, 2.45) is 7.05 Å². The third kappa shape index (κ3) is 5.04. The standard InChI is InChI=1S/C18H19N3O5/c1-11(22)13-8-16(21(3)9-13)18(25)26-10-17(24)20-15-6-4-14(5-7-15)19-12(2)23/h4-9H,10H2,1-3H3,(H,19,23)(H,20,24). The molecule has 0 saturated carbocycles. The number of hydrogen-bond donors (Lipinski definition) is 2. The number of carbonyl (C=O) groups excluding carboxylic acids is 4. The van der Waals surface area contributed by atoms with E-state index in [1.165, 1.54) is 30.7 Å². The lowest BCUT2D eigenvalue weighted by atomic mass is 10.2. The fourth-order valence-electron chi connectivity index (χ4n) is 2.20. The van der Waals surface area contributed by atoms with E-state index < -0.39 is 18.5 Å². The smallest absolute Gasteiger partial charge is 0.355 e. The van der Waals surface area contributed by atoms with Gasteiger partial charge in [0.05, 0.1) is 0 Å². The Morgan fingerprint density at radius 3 is 2.08 bits per heavy atom. The van der Waals surface area contributed by atoms with Gasteiger partial charge in [0.15, 0.2) is 12.4 Å². The largest absolute Gasteiger partial charge is 0.451 e. The van der Waals surface area contributed by atoms with Gasteiger partial charge < -0.3 is 19.9 Å². The minimum absolute atomic E-state index is 0.167. The van der Waals surface area contributed by atoms with Crippen LogP contribution < -0.4 is 10.6 Å². The van der Waals surface area contributed by atoms with E-state index in [0.717, 1.165) is 0 Å². The lowest BCUT2D eigenvalue weighted by molar-refractivity contribution is -0.119. The van der Waals surface area contributed by atoms with E-state index in [1.54, 1.807) is 31.3 Å². The van der Waals surface area contributed by atoms with E-state index in [-0.39, 0.29) is 17.4 Å². The molecule has 0 saturated heterocycles. The van der Waals surface area contributed by atoms with E-state index in [9.17, 15) is 19.2 Å². The van der Waals surface area contributed by atoms with Crippen LogP contribution in [0.25, 0.3) is 0 Å². The van der Waals surface area contributed by atoms with Crippen molar-refractivity contribution < 1.29 is 23.9 Å². The summed E-state index contributed by atoms with van der Waals surface area (Å²) >= 11 is 0. The molecule has 1 aromatic carbocycles. The predicted molar refractivity (Wildman–Crippen MR) is 95.1 cm³/mol. The Kier molecular flexibility index (Phi) is 5.90. The zero-order chi connectivity index (χ0) is 19.3. The number of carbonyl (C=O) groups is 4. The molecule has 0 fully saturated rings. The van der Waals surface area contributed by atoms with Crippen LogP contribution in [-0.2, 0) is 21.4 Å². The molecule has 2 rings (SSSR count). The number of benzene rings is 1. The van der Waals surface area contributed by atoms with E-state index in [0.29, 0.717) is 16.9 Å². The van der Waals surface area contributed by atoms with Gasteiger partial charge in [0.2, 0.25) is 5.91 Å². The number of esters is 1. The Bertz CT molecular complexity index is 852. The molecule has 0 bridgehead atoms. The van der Waals surface area contributed by atoms with Crippen LogP contribution in [0.1, 0.15) is 34.7 Å². The first-order chi connectivity index (χ1) is 12.3. The molecule has 8 nitrogen and oxygen atoms in total. The van der Waals surface area contributed by atoms with Crippen molar-refractivity contribution in [1.82, 2.24) is 4.57 Å². The molecule has 0 aliphatic carbocycles. The second kappa shape index (κ2) is 8.11.